The van der Waals surface area contributed by atoms with Gasteiger partial charge in [-0.15, -0.1) is 0 Å². The van der Waals surface area contributed by atoms with Gasteiger partial charge in [0.2, 0.25) is 0 Å². The number of halogens is 1. The molecule has 1 heterocycles. The summed E-state index contributed by atoms with van der Waals surface area (Å²) in [5.74, 6) is 0. The number of hydrogen-bond donors (Lipinski definition) is 0. The molecule has 1 aromatic rings. The first-order chi connectivity index (χ1) is 6.25. The molecular weight excluding hydrogens is 232 g/mol. The maximum Gasteiger partial charge on any atom is 0.327 e. The molecule has 0 N–H and O–H groups in total. The van der Waals surface area contributed by atoms with E-state index in [9.17, 15) is 4.79 Å². The SMILES string of the molecule is Cn1ccn(CCCCCBr)c1=O. The maximum atomic E-state index is 11.3. The Bertz CT molecular complexity index is 303. The first-order valence-corrected chi connectivity index (χ1v) is 5.65. The lowest BCUT2D eigenvalue weighted by Gasteiger charge is -1.99. The highest BCUT2D eigenvalue weighted by Gasteiger charge is 1.97. The number of aryl methyl sites for hydroxylation is 2. The van der Waals surface area contributed by atoms with E-state index < -0.39 is 0 Å². The van der Waals surface area contributed by atoms with E-state index in [4.69, 9.17) is 0 Å². The van der Waals surface area contributed by atoms with Gasteiger partial charge in [-0.1, -0.05) is 22.4 Å². The van der Waals surface area contributed by atoms with Gasteiger partial charge in [-0.3, -0.25) is 4.57 Å². The molecule has 0 radical (unpaired) electrons. The van der Waals surface area contributed by atoms with E-state index in [1.807, 2.05) is 6.20 Å². The Kier molecular flexibility index (Phi) is 4.28. The van der Waals surface area contributed by atoms with Crippen molar-refractivity contribution in [1.29, 1.82) is 0 Å². The minimum absolute atomic E-state index is 0.0823. The normalized spacial score (nSPS) is 10.6. The van der Waals surface area contributed by atoms with E-state index in [1.165, 1.54) is 12.8 Å². The average Bonchev–Trinajstić information content (AvgIpc) is 2.43. The lowest BCUT2D eigenvalue weighted by molar-refractivity contribution is 0.581. The molecule has 0 spiro atoms. The van der Waals surface area contributed by atoms with Crippen LogP contribution in [-0.2, 0) is 13.6 Å². The summed E-state index contributed by atoms with van der Waals surface area (Å²) in [4.78, 5) is 11.3. The van der Waals surface area contributed by atoms with Gasteiger partial charge in [-0.2, -0.15) is 0 Å². The molecule has 0 unspecified atom stereocenters. The number of aromatic nitrogens is 2. The number of nitrogens with zero attached hydrogens (tertiary/aromatic N) is 2. The largest absolute Gasteiger partial charge is 0.327 e. The van der Waals surface area contributed by atoms with Crippen molar-refractivity contribution in [3.8, 4) is 0 Å². The lowest BCUT2D eigenvalue weighted by Crippen LogP contribution is -2.21. The quantitative estimate of drug-likeness (QED) is 0.575. The zero-order chi connectivity index (χ0) is 9.68. The van der Waals surface area contributed by atoms with Crippen molar-refractivity contribution in [2.24, 2.45) is 7.05 Å². The number of imidazole rings is 1. The van der Waals surface area contributed by atoms with Crippen LogP contribution < -0.4 is 5.69 Å². The summed E-state index contributed by atoms with van der Waals surface area (Å²) >= 11 is 3.38. The van der Waals surface area contributed by atoms with Crippen LogP contribution in [0.3, 0.4) is 0 Å². The molecule has 74 valence electrons. The molecule has 0 aliphatic heterocycles. The Morgan fingerprint density at radius 2 is 2.08 bits per heavy atom. The summed E-state index contributed by atoms with van der Waals surface area (Å²) in [6.45, 7) is 0.840. The first kappa shape index (κ1) is 10.6. The Morgan fingerprint density at radius 1 is 1.31 bits per heavy atom. The molecule has 0 bridgehead atoms. The standard InChI is InChI=1S/C9H15BrN2O/c1-11-7-8-12(9(11)13)6-4-2-3-5-10/h7-8H,2-6H2,1H3. The Labute approximate surface area is 86.5 Å². The predicted molar refractivity (Wildman–Crippen MR) is 57.3 cm³/mol. The molecule has 4 heteroatoms. The fourth-order valence-corrected chi connectivity index (χ4v) is 1.63. The van der Waals surface area contributed by atoms with Gasteiger partial charge in [0.1, 0.15) is 0 Å². The minimum atomic E-state index is 0.0823. The first-order valence-electron chi connectivity index (χ1n) is 4.53. The van der Waals surface area contributed by atoms with Gasteiger partial charge in [0.05, 0.1) is 0 Å². The van der Waals surface area contributed by atoms with Crippen LogP contribution >= 0.6 is 15.9 Å². The number of hydrogen-bond acceptors (Lipinski definition) is 1. The zero-order valence-electron chi connectivity index (χ0n) is 7.87. The van der Waals surface area contributed by atoms with Crippen molar-refractivity contribution >= 4 is 15.9 Å². The summed E-state index contributed by atoms with van der Waals surface area (Å²) in [5, 5.41) is 1.05. The van der Waals surface area contributed by atoms with Crippen LogP contribution in [0.25, 0.3) is 0 Å². The van der Waals surface area contributed by atoms with Gasteiger partial charge in [0.15, 0.2) is 0 Å². The molecule has 0 aliphatic rings. The smallest absolute Gasteiger partial charge is 0.302 e. The van der Waals surface area contributed by atoms with E-state index in [2.05, 4.69) is 15.9 Å². The second-order valence-electron chi connectivity index (χ2n) is 3.13. The van der Waals surface area contributed by atoms with E-state index in [-0.39, 0.29) is 5.69 Å². The summed E-state index contributed by atoms with van der Waals surface area (Å²) < 4.78 is 3.36. The van der Waals surface area contributed by atoms with Gasteiger partial charge in [0, 0.05) is 31.3 Å². The summed E-state index contributed by atoms with van der Waals surface area (Å²) in [6, 6.07) is 0. The second-order valence-corrected chi connectivity index (χ2v) is 3.93. The third-order valence-electron chi connectivity index (χ3n) is 2.05. The van der Waals surface area contributed by atoms with E-state index in [0.29, 0.717) is 0 Å². The van der Waals surface area contributed by atoms with Crippen molar-refractivity contribution in [2.75, 3.05) is 5.33 Å². The number of alkyl halides is 1. The highest BCUT2D eigenvalue weighted by Crippen LogP contribution is 1.99. The molecule has 13 heavy (non-hydrogen) atoms. The zero-order valence-corrected chi connectivity index (χ0v) is 9.46. The third kappa shape index (κ3) is 3.03. The molecule has 0 saturated carbocycles. The lowest BCUT2D eigenvalue weighted by atomic mass is 10.2. The molecule has 0 fully saturated rings. The summed E-state index contributed by atoms with van der Waals surface area (Å²) in [7, 11) is 1.78. The maximum absolute atomic E-state index is 11.3. The van der Waals surface area contributed by atoms with Crippen molar-refractivity contribution in [3.63, 3.8) is 0 Å². The van der Waals surface area contributed by atoms with Crippen molar-refractivity contribution in [1.82, 2.24) is 9.13 Å². The molecule has 1 rings (SSSR count). The second kappa shape index (κ2) is 5.27. The molecule has 0 aromatic carbocycles. The van der Waals surface area contributed by atoms with Crippen LogP contribution in [-0.4, -0.2) is 14.5 Å². The van der Waals surface area contributed by atoms with Crippen molar-refractivity contribution < 1.29 is 0 Å². The van der Waals surface area contributed by atoms with Gasteiger partial charge >= 0.3 is 5.69 Å². The van der Waals surface area contributed by atoms with Crippen LogP contribution in [0.1, 0.15) is 19.3 Å². The van der Waals surface area contributed by atoms with Crippen LogP contribution in [0.4, 0.5) is 0 Å². The van der Waals surface area contributed by atoms with Crippen molar-refractivity contribution in [2.45, 2.75) is 25.8 Å². The molecule has 0 saturated heterocycles. The minimum Gasteiger partial charge on any atom is -0.302 e. The molecular formula is C9H15BrN2O. The Morgan fingerprint density at radius 3 is 2.62 bits per heavy atom. The third-order valence-corrected chi connectivity index (χ3v) is 2.61. The van der Waals surface area contributed by atoms with E-state index >= 15 is 0 Å². The topological polar surface area (TPSA) is 26.9 Å². The fourth-order valence-electron chi connectivity index (χ4n) is 1.23. The van der Waals surface area contributed by atoms with E-state index in [0.717, 1.165) is 18.3 Å². The monoisotopic (exact) mass is 246 g/mol. The molecule has 0 aliphatic carbocycles. The van der Waals surface area contributed by atoms with Gasteiger partial charge in [0.25, 0.3) is 0 Å². The average molecular weight is 247 g/mol. The van der Waals surface area contributed by atoms with Crippen molar-refractivity contribution in [3.05, 3.63) is 22.9 Å². The molecule has 3 nitrogen and oxygen atoms in total. The fraction of sp³-hybridized carbons (Fsp3) is 0.667. The highest BCUT2D eigenvalue weighted by atomic mass is 79.9. The van der Waals surface area contributed by atoms with Crippen LogP contribution in [0.15, 0.2) is 17.2 Å². The Hall–Kier alpha value is -0.510. The molecule has 0 amide bonds. The highest BCUT2D eigenvalue weighted by molar-refractivity contribution is 9.09. The predicted octanol–water partition coefficient (Wildman–Crippen LogP) is 1.75. The molecule has 1 aromatic heterocycles. The number of unbranched alkanes of at least 4 members (excludes halogenated alkanes) is 2. The number of rotatable bonds is 5. The Balaban J connectivity index is 2.37. The molecule has 0 atom stereocenters. The summed E-state index contributed by atoms with van der Waals surface area (Å²) in [5.41, 5.74) is 0.0823. The van der Waals surface area contributed by atoms with E-state index in [1.54, 1.807) is 22.4 Å². The van der Waals surface area contributed by atoms with Gasteiger partial charge in [-0.05, 0) is 12.8 Å². The van der Waals surface area contributed by atoms with Crippen LogP contribution in [0.5, 0.6) is 0 Å². The van der Waals surface area contributed by atoms with Crippen LogP contribution in [0.2, 0.25) is 0 Å². The van der Waals surface area contributed by atoms with Gasteiger partial charge < -0.3 is 4.57 Å². The van der Waals surface area contributed by atoms with Gasteiger partial charge in [-0.25, -0.2) is 4.79 Å². The summed E-state index contributed by atoms with van der Waals surface area (Å²) in [6.07, 6.45) is 7.08. The van der Waals surface area contributed by atoms with Crippen LogP contribution in [0, 0.1) is 0 Å².